The fourth-order valence-corrected chi connectivity index (χ4v) is 2.56. The maximum Gasteiger partial charge on any atom is 0.0431 e. The summed E-state index contributed by atoms with van der Waals surface area (Å²) >= 11 is 0. The fraction of sp³-hybridized carbons (Fsp3) is 1.00. The highest BCUT2D eigenvalue weighted by molar-refractivity contribution is 4.73. The van der Waals surface area contributed by atoms with E-state index in [9.17, 15) is 0 Å². The second-order valence-corrected chi connectivity index (χ2v) is 5.23. The van der Waals surface area contributed by atoms with Crippen molar-refractivity contribution in [3.8, 4) is 0 Å². The molecule has 1 saturated heterocycles. The van der Waals surface area contributed by atoms with E-state index in [1.807, 2.05) is 0 Å². The number of piperidine rings is 1. The molecule has 0 spiro atoms. The summed E-state index contributed by atoms with van der Waals surface area (Å²) in [7, 11) is 0. The van der Waals surface area contributed by atoms with Crippen molar-refractivity contribution in [2.45, 2.75) is 45.4 Å². The largest absolute Gasteiger partial charge is 0.396 e. The number of hydrogen-bond acceptors (Lipinski definition) is 3. The van der Waals surface area contributed by atoms with E-state index in [1.54, 1.807) is 0 Å². The maximum atomic E-state index is 8.70. The van der Waals surface area contributed by atoms with E-state index < -0.39 is 0 Å². The van der Waals surface area contributed by atoms with E-state index in [-0.39, 0.29) is 0 Å². The van der Waals surface area contributed by atoms with E-state index >= 15 is 0 Å². The molecule has 1 heterocycles. The van der Waals surface area contributed by atoms with Crippen molar-refractivity contribution < 1.29 is 5.11 Å². The van der Waals surface area contributed by atoms with Gasteiger partial charge in [-0.1, -0.05) is 19.8 Å². The van der Waals surface area contributed by atoms with E-state index in [0.29, 0.717) is 6.61 Å². The minimum Gasteiger partial charge on any atom is -0.396 e. The smallest absolute Gasteiger partial charge is 0.0431 e. The molecule has 0 aromatic rings. The zero-order valence-corrected chi connectivity index (χ0v) is 11.5. The van der Waals surface area contributed by atoms with Gasteiger partial charge in [-0.05, 0) is 64.3 Å². The third kappa shape index (κ3) is 7.02. The average Bonchev–Trinajstić information content (AvgIpc) is 2.37. The normalized spacial score (nSPS) is 18.7. The van der Waals surface area contributed by atoms with Crippen LogP contribution in [0.15, 0.2) is 0 Å². The first-order valence-corrected chi connectivity index (χ1v) is 7.40. The average molecular weight is 242 g/mol. The Kier molecular flexibility index (Phi) is 8.67. The Morgan fingerprint density at radius 1 is 1.12 bits per heavy atom. The highest BCUT2D eigenvalue weighted by atomic mass is 16.2. The molecule has 2 N–H and O–H groups in total. The van der Waals surface area contributed by atoms with Gasteiger partial charge in [0, 0.05) is 6.61 Å². The third-order valence-electron chi connectivity index (χ3n) is 3.77. The van der Waals surface area contributed by atoms with Gasteiger partial charge in [-0.3, -0.25) is 0 Å². The van der Waals surface area contributed by atoms with Gasteiger partial charge in [-0.25, -0.2) is 0 Å². The summed E-state index contributed by atoms with van der Waals surface area (Å²) < 4.78 is 0. The molecular weight excluding hydrogens is 212 g/mol. The molecule has 3 nitrogen and oxygen atoms in total. The highest BCUT2D eigenvalue weighted by Crippen LogP contribution is 2.16. The van der Waals surface area contributed by atoms with Crippen LogP contribution in [0.3, 0.4) is 0 Å². The molecule has 0 atom stereocenters. The van der Waals surface area contributed by atoms with Gasteiger partial charge in [0.15, 0.2) is 0 Å². The molecule has 0 amide bonds. The van der Waals surface area contributed by atoms with E-state index in [4.69, 9.17) is 5.11 Å². The van der Waals surface area contributed by atoms with Crippen LogP contribution in [0, 0.1) is 5.92 Å². The quantitative estimate of drug-likeness (QED) is 0.606. The van der Waals surface area contributed by atoms with Crippen molar-refractivity contribution in [1.29, 1.82) is 0 Å². The first-order chi connectivity index (χ1) is 8.36. The standard InChI is InChI=1S/C14H30N2O/c1-2-15-13-14-7-10-16(11-8-14)9-5-3-4-6-12-17/h14-15,17H,2-13H2,1H3. The van der Waals surface area contributed by atoms with Crippen LogP contribution in [0.1, 0.15) is 45.4 Å². The predicted molar refractivity (Wildman–Crippen MR) is 73.3 cm³/mol. The van der Waals surface area contributed by atoms with Gasteiger partial charge in [0.05, 0.1) is 0 Å². The first-order valence-electron chi connectivity index (χ1n) is 7.40. The van der Waals surface area contributed by atoms with Crippen molar-refractivity contribution in [2.24, 2.45) is 5.92 Å². The van der Waals surface area contributed by atoms with Crippen molar-refractivity contribution in [1.82, 2.24) is 10.2 Å². The predicted octanol–water partition coefficient (Wildman–Crippen LogP) is 1.86. The Bertz CT molecular complexity index is 165. The molecule has 0 aromatic carbocycles. The molecular formula is C14H30N2O. The number of hydrogen-bond donors (Lipinski definition) is 2. The minimum atomic E-state index is 0.357. The molecule has 17 heavy (non-hydrogen) atoms. The van der Waals surface area contributed by atoms with E-state index in [2.05, 4.69) is 17.1 Å². The molecule has 0 unspecified atom stereocenters. The summed E-state index contributed by atoms with van der Waals surface area (Å²) in [6.45, 7) is 8.69. The molecule has 1 aliphatic heterocycles. The van der Waals surface area contributed by atoms with Crippen LogP contribution in [0.25, 0.3) is 0 Å². The van der Waals surface area contributed by atoms with Gasteiger partial charge < -0.3 is 15.3 Å². The topological polar surface area (TPSA) is 35.5 Å². The van der Waals surface area contributed by atoms with Crippen molar-refractivity contribution >= 4 is 0 Å². The number of nitrogens with zero attached hydrogens (tertiary/aromatic N) is 1. The lowest BCUT2D eigenvalue weighted by Gasteiger charge is -2.32. The molecule has 0 aromatic heterocycles. The maximum absolute atomic E-state index is 8.70. The molecule has 0 bridgehead atoms. The van der Waals surface area contributed by atoms with Crippen LogP contribution in [-0.2, 0) is 0 Å². The third-order valence-corrected chi connectivity index (χ3v) is 3.77. The van der Waals surface area contributed by atoms with E-state index in [1.165, 1.54) is 58.3 Å². The minimum absolute atomic E-state index is 0.357. The van der Waals surface area contributed by atoms with Gasteiger partial charge in [0.2, 0.25) is 0 Å². The molecule has 0 aliphatic carbocycles. The lowest BCUT2D eigenvalue weighted by molar-refractivity contribution is 0.179. The van der Waals surface area contributed by atoms with Crippen LogP contribution in [0.2, 0.25) is 0 Å². The number of likely N-dealkylation sites (tertiary alicyclic amines) is 1. The molecule has 0 radical (unpaired) electrons. The lowest BCUT2D eigenvalue weighted by Crippen LogP contribution is -2.37. The van der Waals surface area contributed by atoms with Crippen LogP contribution in [-0.4, -0.2) is 49.3 Å². The molecule has 0 saturated carbocycles. The Morgan fingerprint density at radius 3 is 2.47 bits per heavy atom. The van der Waals surface area contributed by atoms with Crippen molar-refractivity contribution in [3.05, 3.63) is 0 Å². The van der Waals surface area contributed by atoms with Gasteiger partial charge >= 0.3 is 0 Å². The molecule has 102 valence electrons. The first kappa shape index (κ1) is 14.9. The molecule has 3 heteroatoms. The highest BCUT2D eigenvalue weighted by Gasteiger charge is 2.17. The summed E-state index contributed by atoms with van der Waals surface area (Å²) in [5, 5.41) is 12.2. The molecule has 1 fully saturated rings. The number of aliphatic hydroxyl groups excluding tert-OH is 1. The van der Waals surface area contributed by atoms with Gasteiger partial charge in [0.25, 0.3) is 0 Å². The van der Waals surface area contributed by atoms with Crippen molar-refractivity contribution in [2.75, 3.05) is 39.3 Å². The SMILES string of the molecule is CCNCC1CCN(CCCCCCO)CC1. The lowest BCUT2D eigenvalue weighted by atomic mass is 9.96. The number of unbranched alkanes of at least 4 members (excludes halogenated alkanes) is 3. The summed E-state index contributed by atoms with van der Waals surface area (Å²) in [5.74, 6) is 0.903. The van der Waals surface area contributed by atoms with Crippen LogP contribution in [0.4, 0.5) is 0 Å². The monoisotopic (exact) mass is 242 g/mol. The zero-order valence-electron chi connectivity index (χ0n) is 11.5. The molecule has 1 aliphatic rings. The van der Waals surface area contributed by atoms with Crippen LogP contribution < -0.4 is 5.32 Å². The summed E-state index contributed by atoms with van der Waals surface area (Å²) in [6, 6.07) is 0. The Hall–Kier alpha value is -0.120. The fourth-order valence-electron chi connectivity index (χ4n) is 2.56. The van der Waals surface area contributed by atoms with Gasteiger partial charge in [-0.15, -0.1) is 0 Å². The Labute approximate surface area is 107 Å². The second kappa shape index (κ2) is 9.86. The Morgan fingerprint density at radius 2 is 1.82 bits per heavy atom. The van der Waals surface area contributed by atoms with Gasteiger partial charge in [-0.2, -0.15) is 0 Å². The van der Waals surface area contributed by atoms with Crippen LogP contribution >= 0.6 is 0 Å². The van der Waals surface area contributed by atoms with E-state index in [0.717, 1.165) is 18.9 Å². The number of rotatable bonds is 9. The summed E-state index contributed by atoms with van der Waals surface area (Å²) in [6.07, 6.45) is 7.47. The summed E-state index contributed by atoms with van der Waals surface area (Å²) in [4.78, 5) is 2.61. The number of aliphatic hydroxyl groups is 1. The second-order valence-electron chi connectivity index (χ2n) is 5.23. The molecule has 1 rings (SSSR count). The summed E-state index contributed by atoms with van der Waals surface area (Å²) in [5.41, 5.74) is 0. The zero-order chi connectivity index (χ0) is 12.3. The van der Waals surface area contributed by atoms with Crippen molar-refractivity contribution in [3.63, 3.8) is 0 Å². The Balaban J connectivity index is 1.95. The van der Waals surface area contributed by atoms with Crippen LogP contribution in [0.5, 0.6) is 0 Å². The van der Waals surface area contributed by atoms with Gasteiger partial charge in [0.1, 0.15) is 0 Å². The number of nitrogens with one attached hydrogen (secondary N) is 1.